The van der Waals surface area contributed by atoms with Crippen molar-refractivity contribution in [2.45, 2.75) is 26.4 Å². The van der Waals surface area contributed by atoms with E-state index in [0.717, 1.165) is 11.4 Å². The lowest BCUT2D eigenvalue weighted by Crippen LogP contribution is -2.40. The Kier molecular flexibility index (Phi) is 5.48. The van der Waals surface area contributed by atoms with Gasteiger partial charge in [-0.15, -0.1) is 0 Å². The molecule has 0 aliphatic carbocycles. The minimum atomic E-state index is -2.66. The van der Waals surface area contributed by atoms with Crippen LogP contribution in [0.5, 0.6) is 0 Å². The average molecular weight is 465 g/mol. The Morgan fingerprint density at radius 2 is 2.00 bits per heavy atom. The van der Waals surface area contributed by atoms with Crippen LogP contribution in [0.2, 0.25) is 0 Å². The maximum absolute atomic E-state index is 13.1. The number of hydrogen-bond acceptors (Lipinski definition) is 7. The molecule has 0 unspecified atom stereocenters. The molecule has 1 amide bonds. The molecule has 1 N–H and O–H groups in total. The number of aromatic nitrogens is 7. The molecule has 0 fully saturated rings. The quantitative estimate of drug-likeness (QED) is 0.466. The van der Waals surface area contributed by atoms with E-state index >= 15 is 0 Å². The molecule has 1 aliphatic heterocycles. The normalized spacial score (nSPS) is 13.4. The van der Waals surface area contributed by atoms with E-state index in [0.29, 0.717) is 36.1 Å². The number of fused-ring (bicyclic) bond motifs is 1. The number of pyridine rings is 1. The van der Waals surface area contributed by atoms with Gasteiger partial charge in [0.15, 0.2) is 5.82 Å². The summed E-state index contributed by atoms with van der Waals surface area (Å²) in [6, 6.07) is 6.23. The lowest BCUT2D eigenvalue weighted by atomic mass is 10.2. The molecule has 34 heavy (non-hydrogen) atoms. The van der Waals surface area contributed by atoms with Gasteiger partial charge in [-0.1, -0.05) is 6.07 Å². The first-order chi connectivity index (χ1) is 16.4. The third-order valence-electron chi connectivity index (χ3n) is 5.55. The number of hydrogen-bond donors (Lipinski definition) is 1. The predicted molar refractivity (Wildman–Crippen MR) is 118 cm³/mol. The summed E-state index contributed by atoms with van der Waals surface area (Å²) >= 11 is 0. The summed E-state index contributed by atoms with van der Waals surface area (Å²) in [5.41, 5.74) is 2.07. The summed E-state index contributed by atoms with van der Waals surface area (Å²) in [5, 5.41) is 7.23. The van der Waals surface area contributed by atoms with E-state index in [1.165, 1.54) is 12.1 Å². The van der Waals surface area contributed by atoms with Crippen molar-refractivity contribution in [2.24, 2.45) is 7.05 Å². The summed E-state index contributed by atoms with van der Waals surface area (Å²) < 4.78 is 29.4. The van der Waals surface area contributed by atoms with Crippen LogP contribution in [0.25, 0.3) is 11.4 Å². The zero-order valence-electron chi connectivity index (χ0n) is 18.5. The van der Waals surface area contributed by atoms with Crippen molar-refractivity contribution in [2.75, 3.05) is 11.9 Å². The number of carbonyl (C=O) groups excluding carboxylic acids is 1. The second kappa shape index (κ2) is 8.61. The van der Waals surface area contributed by atoms with Crippen molar-refractivity contribution in [1.82, 2.24) is 39.2 Å². The van der Waals surface area contributed by atoms with Crippen LogP contribution in [0.15, 0.2) is 42.9 Å². The molecule has 10 nitrogen and oxygen atoms in total. The van der Waals surface area contributed by atoms with Gasteiger partial charge in [-0.2, -0.15) is 5.10 Å². The third-order valence-corrected chi connectivity index (χ3v) is 5.55. The Labute approximate surface area is 193 Å². The second-order valence-corrected chi connectivity index (χ2v) is 7.91. The van der Waals surface area contributed by atoms with E-state index in [4.69, 9.17) is 0 Å². The highest BCUT2D eigenvalue weighted by Crippen LogP contribution is 2.25. The standard InChI is InChI=1S/C22H21F2N9O/c1-13-10-25-22(29-17-6-7-26-31(17)2)30-18(13)16-12-32-8-9-33(21(34)20(32)28-16)11-14-4-3-5-15(27-14)19(23)24/h3-7,10,12,19H,8-9,11H2,1-2H3,(H,25,29,30). The lowest BCUT2D eigenvalue weighted by molar-refractivity contribution is 0.0680. The van der Waals surface area contributed by atoms with Crippen molar-refractivity contribution in [3.63, 3.8) is 0 Å². The lowest BCUT2D eigenvalue weighted by Gasteiger charge is -2.27. The molecule has 4 aromatic heterocycles. The van der Waals surface area contributed by atoms with Gasteiger partial charge in [0.05, 0.1) is 24.1 Å². The number of alkyl halides is 2. The van der Waals surface area contributed by atoms with E-state index in [-0.39, 0.29) is 24.0 Å². The molecule has 174 valence electrons. The minimum absolute atomic E-state index is 0.132. The van der Waals surface area contributed by atoms with Crippen LogP contribution >= 0.6 is 0 Å². The molecule has 4 aromatic rings. The Balaban J connectivity index is 1.39. The highest BCUT2D eigenvalue weighted by molar-refractivity contribution is 5.92. The Morgan fingerprint density at radius 1 is 1.15 bits per heavy atom. The molecule has 0 aromatic carbocycles. The fourth-order valence-corrected chi connectivity index (χ4v) is 3.77. The zero-order valence-corrected chi connectivity index (χ0v) is 18.5. The summed E-state index contributed by atoms with van der Waals surface area (Å²) in [6.07, 6.45) is 2.49. The fourth-order valence-electron chi connectivity index (χ4n) is 3.77. The molecular formula is C22H21F2N9O. The SMILES string of the molecule is Cc1cnc(Nc2ccnn2C)nc1-c1cn2c(n1)C(=O)N(Cc1cccc(C(F)F)n1)CC2. The van der Waals surface area contributed by atoms with Crippen LogP contribution < -0.4 is 5.32 Å². The van der Waals surface area contributed by atoms with Crippen LogP contribution in [-0.4, -0.2) is 51.6 Å². The topological polar surface area (TPSA) is 107 Å². The van der Waals surface area contributed by atoms with Crippen LogP contribution in [0.3, 0.4) is 0 Å². The zero-order chi connectivity index (χ0) is 23.8. The van der Waals surface area contributed by atoms with Crippen molar-refractivity contribution in [1.29, 1.82) is 0 Å². The van der Waals surface area contributed by atoms with Gasteiger partial charge in [-0.3, -0.25) is 9.48 Å². The number of halogens is 2. The largest absolute Gasteiger partial charge is 0.328 e. The molecule has 0 saturated heterocycles. The molecule has 12 heteroatoms. The maximum Gasteiger partial charge on any atom is 0.290 e. The van der Waals surface area contributed by atoms with Gasteiger partial charge in [-0.05, 0) is 24.6 Å². The first-order valence-corrected chi connectivity index (χ1v) is 10.6. The summed E-state index contributed by atoms with van der Waals surface area (Å²) in [4.78, 5) is 32.1. The smallest absolute Gasteiger partial charge is 0.290 e. The summed E-state index contributed by atoms with van der Waals surface area (Å²) in [7, 11) is 1.80. The van der Waals surface area contributed by atoms with Gasteiger partial charge in [0.2, 0.25) is 5.95 Å². The van der Waals surface area contributed by atoms with Crippen molar-refractivity contribution < 1.29 is 13.6 Å². The number of nitrogens with zero attached hydrogens (tertiary/aromatic N) is 8. The highest BCUT2D eigenvalue weighted by Gasteiger charge is 2.28. The second-order valence-electron chi connectivity index (χ2n) is 7.91. The average Bonchev–Trinajstić information content (AvgIpc) is 3.44. The number of aryl methyl sites for hydroxylation is 2. The van der Waals surface area contributed by atoms with E-state index in [9.17, 15) is 13.6 Å². The van der Waals surface area contributed by atoms with Crippen LogP contribution in [0.4, 0.5) is 20.5 Å². The molecule has 0 spiro atoms. The molecule has 0 saturated carbocycles. The number of anilines is 2. The number of amides is 1. The predicted octanol–water partition coefficient (Wildman–Crippen LogP) is 3.11. The number of rotatable bonds is 6. The van der Waals surface area contributed by atoms with Crippen LogP contribution in [0, 0.1) is 6.92 Å². The fraction of sp³-hybridized carbons (Fsp3) is 0.273. The molecule has 0 radical (unpaired) electrons. The molecular weight excluding hydrogens is 444 g/mol. The van der Waals surface area contributed by atoms with Crippen molar-refractivity contribution in [3.8, 4) is 11.4 Å². The molecule has 1 aliphatic rings. The minimum Gasteiger partial charge on any atom is -0.328 e. The molecule has 5 rings (SSSR count). The first kappa shape index (κ1) is 21.6. The number of carbonyl (C=O) groups is 1. The highest BCUT2D eigenvalue weighted by atomic mass is 19.3. The maximum atomic E-state index is 13.1. The number of imidazole rings is 1. The summed E-state index contributed by atoms with van der Waals surface area (Å²) in [5.74, 6) is 1.09. The Morgan fingerprint density at radius 3 is 2.76 bits per heavy atom. The molecule has 0 bridgehead atoms. The van der Waals surface area contributed by atoms with E-state index in [2.05, 4.69) is 30.4 Å². The van der Waals surface area contributed by atoms with Gasteiger partial charge < -0.3 is 14.8 Å². The van der Waals surface area contributed by atoms with Gasteiger partial charge in [0, 0.05) is 38.6 Å². The van der Waals surface area contributed by atoms with Gasteiger partial charge in [-0.25, -0.2) is 28.7 Å². The van der Waals surface area contributed by atoms with Gasteiger partial charge >= 0.3 is 0 Å². The van der Waals surface area contributed by atoms with E-state index in [1.54, 1.807) is 51.9 Å². The van der Waals surface area contributed by atoms with E-state index in [1.807, 2.05) is 6.92 Å². The van der Waals surface area contributed by atoms with Crippen LogP contribution in [-0.2, 0) is 20.1 Å². The third kappa shape index (κ3) is 4.09. The van der Waals surface area contributed by atoms with Gasteiger partial charge in [0.25, 0.3) is 12.3 Å². The molecule has 5 heterocycles. The monoisotopic (exact) mass is 465 g/mol. The van der Waals surface area contributed by atoms with E-state index < -0.39 is 6.43 Å². The number of nitrogens with one attached hydrogen (secondary N) is 1. The van der Waals surface area contributed by atoms with Gasteiger partial charge in [0.1, 0.15) is 17.2 Å². The Bertz CT molecular complexity index is 1360. The summed E-state index contributed by atoms with van der Waals surface area (Å²) in [6.45, 7) is 2.94. The van der Waals surface area contributed by atoms with Crippen molar-refractivity contribution >= 4 is 17.7 Å². The molecule has 0 atom stereocenters. The first-order valence-electron chi connectivity index (χ1n) is 10.6. The van der Waals surface area contributed by atoms with Crippen molar-refractivity contribution in [3.05, 3.63) is 65.6 Å². The Hall–Kier alpha value is -4.22. The van der Waals surface area contributed by atoms with Crippen LogP contribution in [0.1, 0.15) is 34.0 Å².